The van der Waals surface area contributed by atoms with Crippen molar-refractivity contribution in [1.29, 1.82) is 0 Å². The predicted octanol–water partition coefficient (Wildman–Crippen LogP) is 2.97. The van der Waals surface area contributed by atoms with Crippen molar-refractivity contribution in [3.05, 3.63) is 69.4 Å². The van der Waals surface area contributed by atoms with Crippen LogP contribution in [0.15, 0.2) is 52.1 Å². The number of halogens is 2. The minimum atomic E-state index is -0.418. The molecule has 0 aliphatic carbocycles. The van der Waals surface area contributed by atoms with Crippen LogP contribution in [0.4, 0.5) is 4.39 Å². The lowest BCUT2D eigenvalue weighted by atomic mass is 10.1. The van der Waals surface area contributed by atoms with Crippen molar-refractivity contribution in [2.45, 2.75) is 13.1 Å². The highest BCUT2D eigenvalue weighted by molar-refractivity contribution is 9.10. The predicted molar refractivity (Wildman–Crippen MR) is 83.6 cm³/mol. The first-order valence-corrected chi connectivity index (χ1v) is 7.10. The molecule has 0 saturated heterocycles. The minimum Gasteiger partial charge on any atom is -0.409 e. The first-order chi connectivity index (χ1) is 10.1. The molecule has 0 amide bonds. The summed E-state index contributed by atoms with van der Waals surface area (Å²) in [4.78, 5) is 0. The molecule has 2 aromatic carbocycles. The van der Waals surface area contributed by atoms with Gasteiger partial charge in [-0.2, -0.15) is 0 Å². The van der Waals surface area contributed by atoms with Crippen molar-refractivity contribution in [2.24, 2.45) is 10.9 Å². The third-order valence-electron chi connectivity index (χ3n) is 2.91. The monoisotopic (exact) mass is 351 g/mol. The van der Waals surface area contributed by atoms with Crippen molar-refractivity contribution >= 4 is 21.8 Å². The van der Waals surface area contributed by atoms with Crippen molar-refractivity contribution in [2.75, 3.05) is 0 Å². The summed E-state index contributed by atoms with van der Waals surface area (Å²) in [6.07, 6.45) is 0. The molecule has 110 valence electrons. The summed E-state index contributed by atoms with van der Waals surface area (Å²) in [6, 6.07) is 12.3. The highest BCUT2D eigenvalue weighted by Crippen LogP contribution is 2.12. The summed E-state index contributed by atoms with van der Waals surface area (Å²) in [5.41, 5.74) is 7.69. The van der Waals surface area contributed by atoms with Crippen LogP contribution in [0.25, 0.3) is 0 Å². The molecule has 0 radical (unpaired) electrons. The third kappa shape index (κ3) is 4.54. The molecule has 2 rings (SSSR count). The van der Waals surface area contributed by atoms with Gasteiger partial charge in [-0.15, -0.1) is 0 Å². The molecule has 0 spiro atoms. The molecule has 0 fully saturated rings. The van der Waals surface area contributed by atoms with Crippen LogP contribution in [-0.4, -0.2) is 11.0 Å². The standard InChI is InChI=1S/C15H15BrFN3O/c16-13-3-1-2-10(5-13)8-19-9-11-4-12(15(18)20-21)7-14(17)6-11/h1-7,19,21H,8-9H2,(H2,18,20). The van der Waals surface area contributed by atoms with Gasteiger partial charge in [0.05, 0.1) is 0 Å². The molecule has 4 N–H and O–H groups in total. The van der Waals surface area contributed by atoms with Crippen molar-refractivity contribution in [1.82, 2.24) is 5.32 Å². The van der Waals surface area contributed by atoms with Gasteiger partial charge < -0.3 is 16.3 Å². The quantitative estimate of drug-likeness (QED) is 0.335. The highest BCUT2D eigenvalue weighted by atomic mass is 79.9. The van der Waals surface area contributed by atoms with E-state index in [9.17, 15) is 4.39 Å². The van der Waals surface area contributed by atoms with Crippen molar-refractivity contribution < 1.29 is 9.60 Å². The van der Waals surface area contributed by atoms with E-state index in [1.54, 1.807) is 6.07 Å². The lowest BCUT2D eigenvalue weighted by Crippen LogP contribution is -2.16. The number of nitrogens with two attached hydrogens (primary N) is 1. The Bertz CT molecular complexity index is 661. The van der Waals surface area contributed by atoms with Crippen LogP contribution >= 0.6 is 15.9 Å². The van der Waals surface area contributed by atoms with Crippen LogP contribution < -0.4 is 11.1 Å². The molecule has 0 unspecified atom stereocenters. The summed E-state index contributed by atoms with van der Waals surface area (Å²) in [5.74, 6) is -0.527. The normalized spacial score (nSPS) is 11.6. The van der Waals surface area contributed by atoms with Gasteiger partial charge in [0.15, 0.2) is 5.84 Å². The Hall–Kier alpha value is -1.92. The molecule has 0 aliphatic heterocycles. The van der Waals surface area contributed by atoms with E-state index < -0.39 is 5.82 Å². The number of hydrogen-bond donors (Lipinski definition) is 3. The summed E-state index contributed by atoms with van der Waals surface area (Å²) in [7, 11) is 0. The van der Waals surface area contributed by atoms with E-state index in [4.69, 9.17) is 10.9 Å². The number of oxime groups is 1. The minimum absolute atomic E-state index is 0.109. The zero-order chi connectivity index (χ0) is 15.2. The van der Waals surface area contributed by atoms with Gasteiger partial charge in [-0.1, -0.05) is 33.2 Å². The molecule has 2 aromatic rings. The van der Waals surface area contributed by atoms with E-state index in [0.29, 0.717) is 18.7 Å². The smallest absolute Gasteiger partial charge is 0.170 e. The molecular weight excluding hydrogens is 337 g/mol. The molecule has 0 aromatic heterocycles. The average molecular weight is 352 g/mol. The van der Waals surface area contributed by atoms with Crippen LogP contribution in [0, 0.1) is 5.82 Å². The highest BCUT2D eigenvalue weighted by Gasteiger charge is 2.05. The molecule has 0 aliphatic rings. The second kappa shape index (κ2) is 7.19. The van der Waals surface area contributed by atoms with E-state index in [1.165, 1.54) is 12.1 Å². The number of hydrogen-bond acceptors (Lipinski definition) is 3. The Labute approximate surface area is 130 Å². The maximum Gasteiger partial charge on any atom is 0.170 e. The van der Waals surface area contributed by atoms with Crippen LogP contribution in [-0.2, 0) is 13.1 Å². The molecule has 21 heavy (non-hydrogen) atoms. The summed E-state index contributed by atoms with van der Waals surface area (Å²) in [6.45, 7) is 1.14. The van der Waals surface area contributed by atoms with Crippen LogP contribution in [0.5, 0.6) is 0 Å². The molecule has 0 heterocycles. The Kier molecular flexibility index (Phi) is 5.30. The van der Waals surface area contributed by atoms with Crippen molar-refractivity contribution in [3.63, 3.8) is 0 Å². The number of nitrogens with one attached hydrogen (secondary N) is 1. The van der Waals surface area contributed by atoms with Gasteiger partial charge in [0.1, 0.15) is 5.82 Å². The van der Waals surface area contributed by atoms with Gasteiger partial charge in [-0.25, -0.2) is 4.39 Å². The molecule has 4 nitrogen and oxygen atoms in total. The number of benzene rings is 2. The Morgan fingerprint density at radius 2 is 1.95 bits per heavy atom. The fraction of sp³-hybridized carbons (Fsp3) is 0.133. The van der Waals surface area contributed by atoms with Gasteiger partial charge in [0.25, 0.3) is 0 Å². The fourth-order valence-electron chi connectivity index (χ4n) is 1.96. The maximum atomic E-state index is 13.5. The lowest BCUT2D eigenvalue weighted by molar-refractivity contribution is 0.318. The summed E-state index contributed by atoms with van der Waals surface area (Å²) >= 11 is 3.41. The third-order valence-corrected chi connectivity index (χ3v) is 3.40. The largest absolute Gasteiger partial charge is 0.409 e. The van der Waals surface area contributed by atoms with E-state index in [-0.39, 0.29) is 5.84 Å². The van der Waals surface area contributed by atoms with E-state index in [1.807, 2.05) is 24.3 Å². The maximum absolute atomic E-state index is 13.5. The van der Waals surface area contributed by atoms with E-state index in [2.05, 4.69) is 26.4 Å². The number of amidine groups is 1. The summed E-state index contributed by atoms with van der Waals surface area (Å²) < 4.78 is 14.5. The van der Waals surface area contributed by atoms with Gasteiger partial charge in [-0.05, 0) is 41.5 Å². The molecular formula is C15H15BrFN3O. The Morgan fingerprint density at radius 1 is 1.19 bits per heavy atom. The van der Waals surface area contributed by atoms with Gasteiger partial charge in [0.2, 0.25) is 0 Å². The summed E-state index contributed by atoms with van der Waals surface area (Å²) in [5, 5.41) is 14.7. The van der Waals surface area contributed by atoms with Crippen LogP contribution in [0.2, 0.25) is 0 Å². The topological polar surface area (TPSA) is 70.6 Å². The molecule has 0 saturated carbocycles. The zero-order valence-corrected chi connectivity index (χ0v) is 12.8. The van der Waals surface area contributed by atoms with Gasteiger partial charge >= 0.3 is 0 Å². The van der Waals surface area contributed by atoms with E-state index >= 15 is 0 Å². The van der Waals surface area contributed by atoms with Gasteiger partial charge in [-0.3, -0.25) is 0 Å². The first kappa shape index (κ1) is 15.5. The SMILES string of the molecule is N/C(=N/O)c1cc(F)cc(CNCc2cccc(Br)c2)c1. The average Bonchev–Trinajstić information content (AvgIpc) is 2.46. The van der Waals surface area contributed by atoms with Crippen LogP contribution in [0.3, 0.4) is 0 Å². The van der Waals surface area contributed by atoms with Crippen LogP contribution in [0.1, 0.15) is 16.7 Å². The number of nitrogens with zero attached hydrogens (tertiary/aromatic N) is 1. The lowest BCUT2D eigenvalue weighted by Gasteiger charge is -2.08. The van der Waals surface area contributed by atoms with E-state index in [0.717, 1.165) is 15.6 Å². The zero-order valence-electron chi connectivity index (χ0n) is 11.2. The molecule has 0 atom stereocenters. The number of rotatable bonds is 5. The molecule has 0 bridgehead atoms. The first-order valence-electron chi connectivity index (χ1n) is 6.31. The second-order valence-corrected chi connectivity index (χ2v) is 5.48. The van der Waals surface area contributed by atoms with Crippen molar-refractivity contribution in [3.8, 4) is 0 Å². The molecule has 6 heteroatoms. The second-order valence-electron chi connectivity index (χ2n) is 4.57. The fourth-order valence-corrected chi connectivity index (χ4v) is 2.40. The Balaban J connectivity index is 2.01. The van der Waals surface area contributed by atoms with Gasteiger partial charge in [0, 0.05) is 23.1 Å². The Morgan fingerprint density at radius 3 is 2.67 bits per heavy atom.